The molecule has 4 aliphatic rings. The monoisotopic (exact) mass is 511 g/mol. The van der Waals surface area contributed by atoms with Gasteiger partial charge in [0.15, 0.2) is 0 Å². The van der Waals surface area contributed by atoms with Crippen molar-refractivity contribution in [2.75, 3.05) is 13.2 Å². The van der Waals surface area contributed by atoms with Gasteiger partial charge in [-0.15, -0.1) is 0 Å². The van der Waals surface area contributed by atoms with Gasteiger partial charge in [-0.05, 0) is 50.5 Å². The maximum absolute atomic E-state index is 14.0. The molecule has 3 heterocycles. The topological polar surface area (TPSA) is 108 Å². The number of hydrogen-bond acceptors (Lipinski definition) is 5. The van der Waals surface area contributed by atoms with Crippen LogP contribution in [-0.2, 0) is 25.7 Å². The molecular weight excluding hydrogens is 470 g/mol. The molecule has 0 radical (unpaired) electrons. The Morgan fingerprint density at radius 3 is 2.54 bits per heavy atom. The SMILES string of the molecule is CC1CC23O[C@@]1(C)[C@H](C(=O)NCc1ccccc1)[C@H]2C(=O)N(CCCCO)C3C(=O)NC1CCCCC1. The highest BCUT2D eigenvalue weighted by Crippen LogP contribution is 2.65. The second-order valence-corrected chi connectivity index (χ2v) is 11.7. The van der Waals surface area contributed by atoms with Gasteiger partial charge in [-0.1, -0.05) is 56.5 Å². The van der Waals surface area contributed by atoms with E-state index in [0.717, 1.165) is 31.2 Å². The molecule has 3 N–H and O–H groups in total. The van der Waals surface area contributed by atoms with Crippen molar-refractivity contribution in [2.24, 2.45) is 17.8 Å². The Balaban J connectivity index is 1.44. The minimum atomic E-state index is -1.02. The van der Waals surface area contributed by atoms with Crippen LogP contribution in [0.3, 0.4) is 0 Å². The van der Waals surface area contributed by atoms with Crippen LogP contribution in [0.15, 0.2) is 30.3 Å². The average Bonchev–Trinajstić information content (AvgIpc) is 3.40. The molecule has 3 saturated heterocycles. The predicted octanol–water partition coefficient (Wildman–Crippen LogP) is 2.53. The molecule has 8 nitrogen and oxygen atoms in total. The van der Waals surface area contributed by atoms with E-state index in [1.54, 1.807) is 4.90 Å². The van der Waals surface area contributed by atoms with Gasteiger partial charge in [0.2, 0.25) is 17.7 Å². The van der Waals surface area contributed by atoms with Crippen molar-refractivity contribution in [1.82, 2.24) is 15.5 Å². The first-order valence-corrected chi connectivity index (χ1v) is 14.1. The van der Waals surface area contributed by atoms with E-state index in [1.807, 2.05) is 37.3 Å². The summed E-state index contributed by atoms with van der Waals surface area (Å²) in [6.45, 7) is 4.79. The molecule has 8 heteroatoms. The van der Waals surface area contributed by atoms with Gasteiger partial charge in [0, 0.05) is 25.7 Å². The highest BCUT2D eigenvalue weighted by Gasteiger charge is 2.79. The molecule has 1 saturated carbocycles. The van der Waals surface area contributed by atoms with Crippen LogP contribution in [0, 0.1) is 17.8 Å². The number of carbonyl (C=O) groups excluding carboxylic acids is 3. The zero-order valence-corrected chi connectivity index (χ0v) is 22.1. The fourth-order valence-electron chi connectivity index (χ4n) is 7.50. The second kappa shape index (κ2) is 10.4. The molecule has 2 bridgehead atoms. The number of fused-ring (bicyclic) bond motifs is 1. The number of nitrogens with zero attached hydrogens (tertiary/aromatic N) is 1. The summed E-state index contributed by atoms with van der Waals surface area (Å²) in [4.78, 5) is 43.3. The number of ether oxygens (including phenoxy) is 1. The van der Waals surface area contributed by atoms with Crippen LogP contribution in [0.25, 0.3) is 0 Å². The molecule has 0 aromatic heterocycles. The smallest absolute Gasteiger partial charge is 0.246 e. The summed E-state index contributed by atoms with van der Waals surface area (Å²) in [5.74, 6) is -1.86. The molecule has 1 spiro atoms. The molecule has 3 amide bonds. The first kappa shape index (κ1) is 26.2. The number of unbranched alkanes of at least 4 members (excludes halogenated alkanes) is 1. The molecule has 1 aliphatic carbocycles. The molecule has 1 aromatic rings. The molecule has 5 rings (SSSR count). The van der Waals surface area contributed by atoms with E-state index in [2.05, 4.69) is 17.6 Å². The van der Waals surface area contributed by atoms with Crippen molar-refractivity contribution in [1.29, 1.82) is 0 Å². The molecule has 4 fully saturated rings. The molecule has 1 aromatic carbocycles. The van der Waals surface area contributed by atoms with Crippen LogP contribution < -0.4 is 10.6 Å². The van der Waals surface area contributed by atoms with Crippen LogP contribution in [0.2, 0.25) is 0 Å². The molecule has 6 atom stereocenters. The second-order valence-electron chi connectivity index (χ2n) is 11.7. The molecule has 3 aliphatic heterocycles. The van der Waals surface area contributed by atoms with Crippen molar-refractivity contribution in [3.05, 3.63) is 35.9 Å². The number of likely N-dealkylation sites (tertiary alicyclic amines) is 1. The Hall–Kier alpha value is -2.45. The number of rotatable bonds is 9. The zero-order chi connectivity index (χ0) is 26.2. The number of hydrogen-bond donors (Lipinski definition) is 3. The quantitative estimate of drug-likeness (QED) is 0.442. The van der Waals surface area contributed by atoms with E-state index < -0.39 is 29.1 Å². The van der Waals surface area contributed by atoms with Gasteiger partial charge < -0.3 is 25.4 Å². The number of carbonyl (C=O) groups is 3. The van der Waals surface area contributed by atoms with Gasteiger partial charge in [-0.25, -0.2) is 0 Å². The van der Waals surface area contributed by atoms with Crippen LogP contribution >= 0.6 is 0 Å². The van der Waals surface area contributed by atoms with E-state index in [9.17, 15) is 19.5 Å². The van der Waals surface area contributed by atoms with Gasteiger partial charge in [0.05, 0.1) is 17.4 Å². The van der Waals surface area contributed by atoms with Gasteiger partial charge in [-0.3, -0.25) is 14.4 Å². The Bertz CT molecular complexity index is 1010. The largest absolute Gasteiger partial charge is 0.396 e. The summed E-state index contributed by atoms with van der Waals surface area (Å²) >= 11 is 0. The van der Waals surface area contributed by atoms with Crippen molar-refractivity contribution < 1.29 is 24.2 Å². The standard InChI is InChI=1S/C29H41N3O5/c1-19-17-29-23(22(28(19,2)37-29)25(34)30-18-20-11-5-3-6-12-20)27(36)32(15-9-10-16-33)24(29)26(35)31-21-13-7-4-8-14-21/h3,5-6,11-12,19,21-24,33H,4,7-10,13-18H2,1-2H3,(H,30,34)(H,31,35)/t19?,22-,23-,24?,28+,29?/m0/s1. The lowest BCUT2D eigenvalue weighted by atomic mass is 9.62. The van der Waals surface area contributed by atoms with Gasteiger partial charge >= 0.3 is 0 Å². The molecule has 202 valence electrons. The average molecular weight is 512 g/mol. The highest BCUT2D eigenvalue weighted by molar-refractivity contribution is 5.99. The zero-order valence-electron chi connectivity index (χ0n) is 22.1. The van der Waals surface area contributed by atoms with Crippen LogP contribution in [0.5, 0.6) is 0 Å². The van der Waals surface area contributed by atoms with Gasteiger partial charge in [0.25, 0.3) is 0 Å². The molecular formula is C29H41N3O5. The Kier molecular flexibility index (Phi) is 7.33. The van der Waals surface area contributed by atoms with Crippen LogP contribution in [0.4, 0.5) is 0 Å². The minimum absolute atomic E-state index is 0.0198. The number of aliphatic hydroxyl groups is 1. The first-order valence-electron chi connectivity index (χ1n) is 14.1. The Labute approximate surface area is 219 Å². The summed E-state index contributed by atoms with van der Waals surface area (Å²) in [6.07, 6.45) is 6.99. The lowest BCUT2D eigenvalue weighted by Crippen LogP contribution is -2.57. The first-order chi connectivity index (χ1) is 17.8. The third-order valence-corrected chi connectivity index (χ3v) is 9.41. The maximum atomic E-state index is 14.0. The Morgan fingerprint density at radius 2 is 1.84 bits per heavy atom. The van der Waals surface area contributed by atoms with E-state index in [-0.39, 0.29) is 36.3 Å². The van der Waals surface area contributed by atoms with Crippen molar-refractivity contribution >= 4 is 17.7 Å². The van der Waals surface area contributed by atoms with Crippen molar-refractivity contribution in [2.45, 2.75) is 95.0 Å². The molecule has 3 unspecified atom stereocenters. The van der Waals surface area contributed by atoms with Gasteiger partial charge in [-0.2, -0.15) is 0 Å². The predicted molar refractivity (Wildman–Crippen MR) is 138 cm³/mol. The maximum Gasteiger partial charge on any atom is 0.246 e. The number of amides is 3. The fraction of sp³-hybridized carbons (Fsp3) is 0.690. The van der Waals surface area contributed by atoms with Crippen molar-refractivity contribution in [3.8, 4) is 0 Å². The van der Waals surface area contributed by atoms with Crippen LogP contribution in [-0.4, -0.2) is 64.2 Å². The normalized spacial score (nSPS) is 35.0. The fourth-order valence-corrected chi connectivity index (χ4v) is 7.50. The summed E-state index contributed by atoms with van der Waals surface area (Å²) in [5.41, 5.74) is -0.847. The van der Waals surface area contributed by atoms with E-state index in [0.29, 0.717) is 32.4 Å². The highest BCUT2D eigenvalue weighted by atomic mass is 16.5. The third-order valence-electron chi connectivity index (χ3n) is 9.41. The van der Waals surface area contributed by atoms with E-state index >= 15 is 0 Å². The van der Waals surface area contributed by atoms with Crippen molar-refractivity contribution in [3.63, 3.8) is 0 Å². The third kappa shape index (κ3) is 4.46. The lowest BCUT2D eigenvalue weighted by Gasteiger charge is -2.36. The number of benzene rings is 1. The Morgan fingerprint density at radius 1 is 1.11 bits per heavy atom. The van der Waals surface area contributed by atoms with E-state index in [4.69, 9.17) is 4.74 Å². The lowest BCUT2D eigenvalue weighted by molar-refractivity contribution is -0.148. The van der Waals surface area contributed by atoms with E-state index in [1.165, 1.54) is 6.42 Å². The number of nitrogens with one attached hydrogen (secondary N) is 2. The van der Waals surface area contributed by atoms with Gasteiger partial charge in [0.1, 0.15) is 11.6 Å². The number of aliphatic hydroxyl groups excluding tert-OH is 1. The van der Waals surface area contributed by atoms with Crippen LogP contribution in [0.1, 0.15) is 70.8 Å². The minimum Gasteiger partial charge on any atom is -0.396 e. The molecule has 37 heavy (non-hydrogen) atoms. The summed E-state index contributed by atoms with van der Waals surface area (Å²) < 4.78 is 6.77. The summed E-state index contributed by atoms with van der Waals surface area (Å²) in [5, 5.41) is 15.6. The summed E-state index contributed by atoms with van der Waals surface area (Å²) in [7, 11) is 0. The summed E-state index contributed by atoms with van der Waals surface area (Å²) in [6, 6.07) is 9.06.